The number of aromatic nitrogens is 1. The molecule has 3 rings (SSSR count). The highest BCUT2D eigenvalue weighted by atomic mass is 35.5. The standard InChI is InChI=1S/C22H20ClNO5/c1-3-27-18-12-15(11-17(23)22(18)26-2)9-10-21(25)28-14-20-24-13-19(29-20)16-7-5-4-6-8-16/h4-13H,3,14H2,1-2H3/b10-9+. The van der Waals surface area contributed by atoms with Gasteiger partial charge in [0.15, 0.2) is 23.9 Å². The Morgan fingerprint density at radius 3 is 2.76 bits per heavy atom. The van der Waals surface area contributed by atoms with Crippen molar-refractivity contribution in [1.29, 1.82) is 0 Å². The van der Waals surface area contributed by atoms with Crippen molar-refractivity contribution in [1.82, 2.24) is 4.98 Å². The number of hydrogen-bond acceptors (Lipinski definition) is 6. The van der Waals surface area contributed by atoms with E-state index in [1.165, 1.54) is 13.2 Å². The van der Waals surface area contributed by atoms with Crippen molar-refractivity contribution >= 4 is 23.6 Å². The van der Waals surface area contributed by atoms with Gasteiger partial charge in [0.05, 0.1) is 24.9 Å². The number of benzene rings is 2. The lowest BCUT2D eigenvalue weighted by atomic mass is 10.2. The van der Waals surface area contributed by atoms with Crippen LogP contribution in [0.2, 0.25) is 5.02 Å². The third-order valence-electron chi connectivity index (χ3n) is 3.90. The Kier molecular flexibility index (Phi) is 6.92. The molecule has 0 saturated heterocycles. The highest BCUT2D eigenvalue weighted by Gasteiger charge is 2.11. The first kappa shape index (κ1) is 20.5. The Hall–Kier alpha value is -3.25. The van der Waals surface area contributed by atoms with Gasteiger partial charge in [-0.25, -0.2) is 9.78 Å². The molecule has 7 heteroatoms. The zero-order chi connectivity index (χ0) is 20.6. The number of carbonyl (C=O) groups excluding carboxylic acids is 1. The average molecular weight is 414 g/mol. The second-order valence-electron chi connectivity index (χ2n) is 5.89. The van der Waals surface area contributed by atoms with Crippen LogP contribution in [0.3, 0.4) is 0 Å². The van der Waals surface area contributed by atoms with Gasteiger partial charge in [0.2, 0.25) is 5.89 Å². The third-order valence-corrected chi connectivity index (χ3v) is 4.18. The van der Waals surface area contributed by atoms with Crippen LogP contribution in [-0.2, 0) is 16.1 Å². The predicted molar refractivity (Wildman–Crippen MR) is 110 cm³/mol. The van der Waals surface area contributed by atoms with Crippen molar-refractivity contribution in [3.05, 3.63) is 71.2 Å². The maximum atomic E-state index is 12.0. The van der Waals surface area contributed by atoms with E-state index in [2.05, 4.69) is 4.98 Å². The van der Waals surface area contributed by atoms with Gasteiger partial charge in [-0.05, 0) is 30.7 Å². The van der Waals surface area contributed by atoms with Gasteiger partial charge >= 0.3 is 5.97 Å². The summed E-state index contributed by atoms with van der Waals surface area (Å²) in [6.07, 6.45) is 4.49. The predicted octanol–water partition coefficient (Wildman–Crippen LogP) is 5.16. The van der Waals surface area contributed by atoms with Crippen LogP contribution in [0.25, 0.3) is 17.4 Å². The number of esters is 1. The fourth-order valence-electron chi connectivity index (χ4n) is 2.60. The lowest BCUT2D eigenvalue weighted by molar-refractivity contribution is -0.139. The van der Waals surface area contributed by atoms with E-state index in [1.807, 2.05) is 37.3 Å². The Morgan fingerprint density at radius 1 is 1.24 bits per heavy atom. The molecule has 0 aliphatic heterocycles. The Bertz CT molecular complexity index is 998. The molecule has 1 aromatic heterocycles. The van der Waals surface area contributed by atoms with E-state index < -0.39 is 5.97 Å². The molecule has 0 spiro atoms. The van der Waals surface area contributed by atoms with Gasteiger partial charge in [0, 0.05) is 11.6 Å². The van der Waals surface area contributed by atoms with Crippen molar-refractivity contribution in [2.45, 2.75) is 13.5 Å². The van der Waals surface area contributed by atoms with Gasteiger partial charge in [-0.3, -0.25) is 0 Å². The second-order valence-corrected chi connectivity index (χ2v) is 6.30. The lowest BCUT2D eigenvalue weighted by Crippen LogP contribution is -2.01. The maximum Gasteiger partial charge on any atom is 0.331 e. The molecule has 150 valence electrons. The summed E-state index contributed by atoms with van der Waals surface area (Å²) in [4.78, 5) is 16.1. The number of halogens is 1. The SMILES string of the molecule is CCOc1cc(/C=C/C(=O)OCc2ncc(-c3ccccc3)o2)cc(Cl)c1OC. The van der Waals surface area contributed by atoms with Crippen LogP contribution in [0.15, 0.2) is 59.2 Å². The molecule has 0 bridgehead atoms. The van der Waals surface area contributed by atoms with Crippen molar-refractivity contribution in [2.24, 2.45) is 0 Å². The van der Waals surface area contributed by atoms with Crippen LogP contribution >= 0.6 is 11.6 Å². The summed E-state index contributed by atoms with van der Waals surface area (Å²) in [5.74, 6) is 1.35. The number of ether oxygens (including phenoxy) is 3. The van der Waals surface area contributed by atoms with Crippen LogP contribution in [0.1, 0.15) is 18.4 Å². The second kappa shape index (κ2) is 9.80. The summed E-state index contributed by atoms with van der Waals surface area (Å²) in [5.41, 5.74) is 1.58. The molecular weight excluding hydrogens is 394 g/mol. The number of rotatable bonds is 8. The van der Waals surface area contributed by atoms with E-state index >= 15 is 0 Å². The van der Waals surface area contributed by atoms with E-state index in [4.69, 9.17) is 30.2 Å². The molecule has 0 N–H and O–H groups in total. The Balaban J connectivity index is 1.61. The zero-order valence-corrected chi connectivity index (χ0v) is 16.8. The molecular formula is C22H20ClNO5. The van der Waals surface area contributed by atoms with Crippen molar-refractivity contribution in [2.75, 3.05) is 13.7 Å². The van der Waals surface area contributed by atoms with Crippen LogP contribution in [0.4, 0.5) is 0 Å². The minimum Gasteiger partial charge on any atom is -0.491 e. The topological polar surface area (TPSA) is 70.8 Å². The first-order valence-electron chi connectivity index (χ1n) is 8.96. The van der Waals surface area contributed by atoms with E-state index in [9.17, 15) is 4.79 Å². The average Bonchev–Trinajstić information content (AvgIpc) is 3.21. The minimum absolute atomic E-state index is 0.0659. The number of methoxy groups -OCH3 is 1. The van der Waals surface area contributed by atoms with Crippen LogP contribution in [0.5, 0.6) is 11.5 Å². The summed E-state index contributed by atoms with van der Waals surface area (Å²) in [7, 11) is 1.52. The van der Waals surface area contributed by atoms with E-state index in [1.54, 1.807) is 24.4 Å². The maximum absolute atomic E-state index is 12.0. The summed E-state index contributed by atoms with van der Waals surface area (Å²) < 4.78 is 21.5. The molecule has 29 heavy (non-hydrogen) atoms. The minimum atomic E-state index is -0.533. The monoisotopic (exact) mass is 413 g/mol. The summed E-state index contributed by atoms with van der Waals surface area (Å²) >= 11 is 6.20. The molecule has 3 aromatic rings. The highest BCUT2D eigenvalue weighted by Crippen LogP contribution is 2.36. The largest absolute Gasteiger partial charge is 0.491 e. The molecule has 2 aromatic carbocycles. The molecule has 6 nitrogen and oxygen atoms in total. The van der Waals surface area contributed by atoms with Crippen molar-refractivity contribution < 1.29 is 23.4 Å². The quantitative estimate of drug-likeness (QED) is 0.375. The van der Waals surface area contributed by atoms with Gasteiger partial charge in [0.25, 0.3) is 0 Å². The molecule has 0 atom stereocenters. The van der Waals surface area contributed by atoms with Gasteiger partial charge in [-0.1, -0.05) is 41.9 Å². The first-order valence-corrected chi connectivity index (χ1v) is 9.33. The molecule has 0 amide bonds. The van der Waals surface area contributed by atoms with Gasteiger partial charge < -0.3 is 18.6 Å². The number of nitrogens with zero attached hydrogens (tertiary/aromatic N) is 1. The Labute approximate surface area is 173 Å². The third kappa shape index (κ3) is 5.39. The van der Waals surface area contributed by atoms with E-state index in [-0.39, 0.29) is 6.61 Å². The molecule has 0 radical (unpaired) electrons. The van der Waals surface area contributed by atoms with E-state index in [0.29, 0.717) is 40.3 Å². The van der Waals surface area contributed by atoms with Crippen LogP contribution in [-0.4, -0.2) is 24.7 Å². The molecule has 1 heterocycles. The molecule has 0 aliphatic carbocycles. The smallest absolute Gasteiger partial charge is 0.331 e. The summed E-state index contributed by atoms with van der Waals surface area (Å²) in [5, 5.41) is 0.389. The fourth-order valence-corrected chi connectivity index (χ4v) is 2.90. The molecule has 0 unspecified atom stereocenters. The zero-order valence-electron chi connectivity index (χ0n) is 16.1. The van der Waals surface area contributed by atoms with Crippen molar-refractivity contribution in [3.63, 3.8) is 0 Å². The first-order chi connectivity index (χ1) is 14.1. The molecule has 0 saturated carbocycles. The highest BCUT2D eigenvalue weighted by molar-refractivity contribution is 6.32. The number of carbonyl (C=O) groups is 1. The van der Waals surface area contributed by atoms with Crippen molar-refractivity contribution in [3.8, 4) is 22.8 Å². The normalized spacial score (nSPS) is 10.9. The summed E-state index contributed by atoms with van der Waals surface area (Å²) in [6, 6.07) is 13.0. The molecule has 0 fully saturated rings. The fraction of sp³-hybridized carbons (Fsp3) is 0.182. The van der Waals surface area contributed by atoms with Gasteiger partial charge in [-0.15, -0.1) is 0 Å². The number of hydrogen-bond donors (Lipinski definition) is 0. The van der Waals surface area contributed by atoms with Gasteiger partial charge in [0.1, 0.15) is 0 Å². The molecule has 0 aliphatic rings. The van der Waals surface area contributed by atoms with Crippen LogP contribution in [0, 0.1) is 0 Å². The Morgan fingerprint density at radius 2 is 2.03 bits per heavy atom. The number of oxazole rings is 1. The lowest BCUT2D eigenvalue weighted by Gasteiger charge is -2.11. The van der Waals surface area contributed by atoms with E-state index in [0.717, 1.165) is 5.56 Å². The summed E-state index contributed by atoms with van der Waals surface area (Å²) in [6.45, 7) is 2.26. The van der Waals surface area contributed by atoms with Gasteiger partial charge in [-0.2, -0.15) is 0 Å². The van der Waals surface area contributed by atoms with Crippen LogP contribution < -0.4 is 9.47 Å².